The summed E-state index contributed by atoms with van der Waals surface area (Å²) in [6.45, 7) is 18.1. The van der Waals surface area contributed by atoms with Crippen LogP contribution in [0.4, 0.5) is 9.93 Å². The summed E-state index contributed by atoms with van der Waals surface area (Å²) in [5.41, 5.74) is 1.22. The Balaban J connectivity index is 1.32. The Morgan fingerprint density at radius 2 is 1.78 bits per heavy atom. The number of carbonyl (C=O) groups excluding carboxylic acids is 4. The Bertz CT molecular complexity index is 2440. The van der Waals surface area contributed by atoms with Crippen molar-refractivity contribution in [2.75, 3.05) is 45.2 Å². The lowest BCUT2D eigenvalue weighted by Crippen LogP contribution is -2.59. The second-order valence-electron chi connectivity index (χ2n) is 19.6. The summed E-state index contributed by atoms with van der Waals surface area (Å²) in [6, 6.07) is 2.96. The zero-order valence-corrected chi connectivity index (χ0v) is 43.0. The molecule has 2 fully saturated rings. The van der Waals surface area contributed by atoms with Crippen LogP contribution in [0.15, 0.2) is 54.5 Å². The van der Waals surface area contributed by atoms with Crippen molar-refractivity contribution in [2.24, 2.45) is 5.41 Å². The van der Waals surface area contributed by atoms with E-state index < -0.39 is 63.7 Å². The van der Waals surface area contributed by atoms with E-state index in [-0.39, 0.29) is 57.0 Å². The highest BCUT2D eigenvalue weighted by atomic mass is 32.2. The van der Waals surface area contributed by atoms with Crippen LogP contribution < -0.4 is 36.1 Å². The van der Waals surface area contributed by atoms with E-state index in [1.165, 1.54) is 24.8 Å². The quantitative estimate of drug-likeness (QED) is 0.119. The van der Waals surface area contributed by atoms with Gasteiger partial charge in [-0.15, -0.1) is 17.9 Å². The minimum atomic E-state index is -3.74. The third-order valence-corrected chi connectivity index (χ3v) is 15.6. The Morgan fingerprint density at radius 3 is 2.48 bits per heavy atom. The minimum Gasteiger partial charge on any atom is -0.497 e. The standard InChI is InChI=1S/C49H72N10O8S2/c1-10-22-50-44(60)36-18-16-14-12-11-13-15-17-19-37(54-47(63)56-43(49(6,7)8)29-57-23-24-59(32(4)5)69(57,64)65)46(62)58-28-34(26-41(58)45(61)53-36)67-42-27-39(40-30-68-48(55-40)51-31(2)3)52-38-25-33(66-9)20-21-35(38)42/h10,12,14,20-21,25,27,30-32,34,36-37,41,43H,1,11,13,15-19,22-24,26,28-29H2,2-9H3,(H,50,60)(H,51,55)(H,53,61)(H2,54,56,63)/t34-,36+,37+,41+,43-/m1/s1. The molecule has 0 unspecified atom stereocenters. The molecule has 5 heterocycles. The molecule has 1 aromatic carbocycles. The van der Waals surface area contributed by atoms with Gasteiger partial charge in [0.2, 0.25) is 17.7 Å². The lowest BCUT2D eigenvalue weighted by molar-refractivity contribution is -0.141. The largest absolute Gasteiger partial charge is 0.497 e. The van der Waals surface area contributed by atoms with E-state index in [9.17, 15) is 22.8 Å². The average molecular weight is 993 g/mol. The third-order valence-electron chi connectivity index (χ3n) is 12.6. The van der Waals surface area contributed by atoms with E-state index in [4.69, 9.17) is 19.4 Å². The van der Waals surface area contributed by atoms with Gasteiger partial charge in [-0.25, -0.2) is 14.8 Å². The fourth-order valence-electron chi connectivity index (χ4n) is 8.76. The molecule has 6 rings (SSSR count). The number of methoxy groups -OCH3 is 1. The molecule has 5 atom stereocenters. The highest BCUT2D eigenvalue weighted by molar-refractivity contribution is 7.87. The van der Waals surface area contributed by atoms with E-state index in [0.717, 1.165) is 24.4 Å². The summed E-state index contributed by atoms with van der Waals surface area (Å²) in [7, 11) is -2.16. The second-order valence-corrected chi connectivity index (χ2v) is 22.4. The van der Waals surface area contributed by atoms with E-state index in [0.29, 0.717) is 59.6 Å². The van der Waals surface area contributed by atoms with Crippen LogP contribution in [0.25, 0.3) is 22.3 Å². The number of thiazole rings is 1. The topological polar surface area (TPSA) is 217 Å². The van der Waals surface area contributed by atoms with Gasteiger partial charge in [0, 0.05) is 73.6 Å². The summed E-state index contributed by atoms with van der Waals surface area (Å²) in [6.07, 6.45) is 9.22. The van der Waals surface area contributed by atoms with Crippen molar-refractivity contribution in [1.82, 2.24) is 44.7 Å². The monoisotopic (exact) mass is 992 g/mol. The van der Waals surface area contributed by atoms with Crippen molar-refractivity contribution >= 4 is 61.3 Å². The zero-order valence-electron chi connectivity index (χ0n) is 41.4. The lowest BCUT2D eigenvalue weighted by Gasteiger charge is -2.35. The molecule has 0 bridgehead atoms. The van der Waals surface area contributed by atoms with Crippen LogP contribution in [0.3, 0.4) is 0 Å². The van der Waals surface area contributed by atoms with Crippen LogP contribution in [0.1, 0.15) is 99.8 Å². The van der Waals surface area contributed by atoms with Crippen molar-refractivity contribution in [3.8, 4) is 22.9 Å². The summed E-state index contributed by atoms with van der Waals surface area (Å²) >= 11 is 1.46. The molecule has 2 saturated heterocycles. The Labute approximate surface area is 411 Å². The smallest absolute Gasteiger partial charge is 0.315 e. The van der Waals surface area contributed by atoms with Crippen molar-refractivity contribution in [1.29, 1.82) is 0 Å². The predicted octanol–water partition coefficient (Wildman–Crippen LogP) is 5.98. The van der Waals surface area contributed by atoms with Crippen LogP contribution in [-0.4, -0.2) is 138 Å². The number of fused-ring (bicyclic) bond motifs is 2. The van der Waals surface area contributed by atoms with Crippen LogP contribution in [0.2, 0.25) is 0 Å². The number of urea groups is 1. The third kappa shape index (κ3) is 13.7. The first-order valence-corrected chi connectivity index (χ1v) is 26.4. The van der Waals surface area contributed by atoms with Crippen molar-refractivity contribution in [2.45, 2.75) is 142 Å². The van der Waals surface area contributed by atoms with E-state index in [2.05, 4.69) is 39.2 Å². The summed E-state index contributed by atoms with van der Waals surface area (Å²) < 4.78 is 42.2. The maximum atomic E-state index is 15.1. The van der Waals surface area contributed by atoms with Crippen LogP contribution >= 0.6 is 11.3 Å². The van der Waals surface area contributed by atoms with Crippen molar-refractivity contribution in [3.63, 3.8) is 0 Å². The molecule has 18 nitrogen and oxygen atoms in total. The molecule has 3 aliphatic heterocycles. The van der Waals surface area contributed by atoms with Gasteiger partial charge in [-0.1, -0.05) is 51.8 Å². The molecule has 69 heavy (non-hydrogen) atoms. The molecule has 378 valence electrons. The fraction of sp³-hybridized carbons (Fsp3) is 0.592. The van der Waals surface area contributed by atoms with Gasteiger partial charge >= 0.3 is 6.03 Å². The summed E-state index contributed by atoms with van der Waals surface area (Å²) in [5, 5.41) is 18.4. The molecule has 2 aromatic heterocycles. The molecule has 0 aliphatic carbocycles. The second kappa shape index (κ2) is 23.5. The van der Waals surface area contributed by atoms with Gasteiger partial charge in [-0.3, -0.25) is 14.4 Å². The molecule has 3 aliphatic rings. The Morgan fingerprint density at radius 1 is 1.01 bits per heavy atom. The zero-order chi connectivity index (χ0) is 50.0. The first-order valence-electron chi connectivity index (χ1n) is 24.1. The number of carbonyl (C=O) groups is 4. The van der Waals surface area contributed by atoms with Gasteiger partial charge in [0.05, 0.1) is 24.9 Å². The van der Waals surface area contributed by atoms with Gasteiger partial charge in [0.25, 0.3) is 10.2 Å². The molecule has 0 spiro atoms. The fourth-order valence-corrected chi connectivity index (χ4v) is 11.4. The predicted molar refractivity (Wildman–Crippen MR) is 270 cm³/mol. The van der Waals surface area contributed by atoms with E-state index >= 15 is 4.79 Å². The number of allylic oxidation sites excluding steroid dienone is 2. The van der Waals surface area contributed by atoms with E-state index in [1.807, 2.05) is 84.2 Å². The lowest BCUT2D eigenvalue weighted by atomic mass is 9.86. The molecule has 0 radical (unpaired) electrons. The molecule has 0 saturated carbocycles. The average Bonchev–Trinajstić information content (AvgIpc) is 4.01. The Hall–Kier alpha value is -5.31. The number of aromatic nitrogens is 2. The van der Waals surface area contributed by atoms with E-state index in [1.54, 1.807) is 13.2 Å². The number of pyridine rings is 1. The number of nitrogens with zero attached hydrogens (tertiary/aromatic N) is 5. The molecule has 20 heteroatoms. The number of amides is 5. The van der Waals surface area contributed by atoms with Crippen molar-refractivity contribution < 1.29 is 37.1 Å². The van der Waals surface area contributed by atoms with Gasteiger partial charge in [0.15, 0.2) is 5.13 Å². The number of nitrogens with one attached hydrogen (secondary N) is 5. The van der Waals surface area contributed by atoms with Gasteiger partial charge in [-0.2, -0.15) is 17.0 Å². The molecule has 5 N–H and O–H groups in total. The number of ether oxygens (including phenoxy) is 2. The SMILES string of the molecule is C=CCNC(=O)[C@@H]1CCC=CCCCCC[C@H](NC(=O)N[C@H](CN2CCN(C(C)C)S2(=O)=O)C(C)(C)C)C(=O)N2C[C@H](Oc3cc(-c4csc(NC(C)C)n4)nc4cc(OC)ccc34)C[C@H]2C(=O)N1. The van der Waals surface area contributed by atoms with Crippen LogP contribution in [-0.2, 0) is 24.6 Å². The van der Waals surface area contributed by atoms with Gasteiger partial charge < -0.3 is 41.0 Å². The number of hydrogen-bond acceptors (Lipinski definition) is 12. The number of benzene rings is 1. The maximum Gasteiger partial charge on any atom is 0.315 e. The highest BCUT2D eigenvalue weighted by Crippen LogP contribution is 2.36. The van der Waals surface area contributed by atoms with Gasteiger partial charge in [0.1, 0.15) is 41.4 Å². The highest BCUT2D eigenvalue weighted by Gasteiger charge is 2.45. The first kappa shape index (κ1) is 53.0. The number of rotatable bonds is 14. The van der Waals surface area contributed by atoms with Crippen LogP contribution in [0.5, 0.6) is 11.5 Å². The normalized spacial score (nSPS) is 22.6. The molecule has 5 amide bonds. The Kier molecular flexibility index (Phi) is 18.1. The van der Waals surface area contributed by atoms with Crippen molar-refractivity contribution in [3.05, 3.63) is 54.5 Å². The van der Waals surface area contributed by atoms with Crippen LogP contribution in [0, 0.1) is 5.41 Å². The maximum absolute atomic E-state index is 15.1. The first-order chi connectivity index (χ1) is 32.8. The molecular weight excluding hydrogens is 921 g/mol. The minimum absolute atomic E-state index is 0.00890. The number of anilines is 1. The number of hydrogen-bond donors (Lipinski definition) is 5. The van der Waals surface area contributed by atoms with Gasteiger partial charge in [-0.05, 0) is 77.3 Å². The molecule has 3 aromatic rings. The summed E-state index contributed by atoms with van der Waals surface area (Å²) in [4.78, 5) is 68.6. The summed E-state index contributed by atoms with van der Waals surface area (Å²) in [5.74, 6) is -0.311. The molecular formula is C49H72N10O8S2.